The first kappa shape index (κ1) is 25.2. The van der Waals surface area contributed by atoms with Crippen LogP contribution in [0.15, 0.2) is 79.5 Å². The molecule has 0 unspecified atom stereocenters. The molecule has 5 nitrogen and oxygen atoms in total. The van der Waals surface area contributed by atoms with Gasteiger partial charge < -0.3 is 4.74 Å². The van der Waals surface area contributed by atoms with Crippen molar-refractivity contribution in [2.24, 2.45) is 5.10 Å². The molecule has 8 heteroatoms. The van der Waals surface area contributed by atoms with Crippen LogP contribution in [-0.4, -0.2) is 15.9 Å². The lowest BCUT2D eigenvalue weighted by atomic mass is 9.88. The Labute approximate surface area is 231 Å². The molecular weight excluding hydrogens is 606 g/mol. The van der Waals surface area contributed by atoms with Gasteiger partial charge in [-0.05, 0) is 70.7 Å². The summed E-state index contributed by atoms with van der Waals surface area (Å²) in [7, 11) is 0. The van der Waals surface area contributed by atoms with Crippen LogP contribution < -0.4 is 10.3 Å². The second kappa shape index (κ2) is 11.3. The Bertz CT molecular complexity index is 1480. The van der Waals surface area contributed by atoms with E-state index < -0.39 is 0 Å². The second-order valence-electron chi connectivity index (χ2n) is 8.90. The molecular formula is C28H24Br2ClN3O2. The molecule has 0 N–H and O–H groups in total. The van der Waals surface area contributed by atoms with Crippen molar-refractivity contribution in [2.75, 3.05) is 0 Å². The fourth-order valence-electron chi connectivity index (χ4n) is 4.56. The molecule has 0 aliphatic heterocycles. The van der Waals surface area contributed by atoms with Gasteiger partial charge in [0.25, 0.3) is 5.56 Å². The van der Waals surface area contributed by atoms with Gasteiger partial charge in [0.2, 0.25) is 0 Å². The normalized spacial score (nSPS) is 14.5. The zero-order valence-electron chi connectivity index (χ0n) is 19.5. The molecule has 1 aliphatic rings. The summed E-state index contributed by atoms with van der Waals surface area (Å²) in [6, 6.07) is 19.0. The Morgan fingerprint density at radius 3 is 2.58 bits per heavy atom. The van der Waals surface area contributed by atoms with Gasteiger partial charge in [0.15, 0.2) is 0 Å². The summed E-state index contributed by atoms with van der Waals surface area (Å²) in [5.74, 6) is 1.52. The van der Waals surface area contributed by atoms with Crippen LogP contribution in [0.1, 0.15) is 55.0 Å². The van der Waals surface area contributed by atoms with Gasteiger partial charge in [0.1, 0.15) is 18.2 Å². The molecule has 0 spiro atoms. The van der Waals surface area contributed by atoms with Crippen molar-refractivity contribution < 1.29 is 4.74 Å². The van der Waals surface area contributed by atoms with Crippen molar-refractivity contribution in [3.05, 3.63) is 102 Å². The third kappa shape index (κ3) is 5.58. The van der Waals surface area contributed by atoms with Crippen molar-refractivity contribution in [1.82, 2.24) is 9.66 Å². The minimum atomic E-state index is -0.171. The minimum Gasteiger partial charge on any atom is -0.487 e. The maximum Gasteiger partial charge on any atom is 0.282 e. The second-order valence-corrected chi connectivity index (χ2v) is 11.1. The molecule has 3 aromatic carbocycles. The van der Waals surface area contributed by atoms with E-state index in [9.17, 15) is 4.79 Å². The number of hydrogen-bond donors (Lipinski definition) is 0. The molecule has 1 aromatic heterocycles. The topological polar surface area (TPSA) is 56.5 Å². The Balaban J connectivity index is 1.54. The quantitative estimate of drug-likeness (QED) is 0.203. The number of benzene rings is 3. The van der Waals surface area contributed by atoms with Crippen molar-refractivity contribution >= 4 is 60.6 Å². The maximum atomic E-state index is 13.5. The number of nitrogens with zero attached hydrogens (tertiary/aromatic N) is 3. The third-order valence-electron chi connectivity index (χ3n) is 6.39. The van der Waals surface area contributed by atoms with Crippen molar-refractivity contribution in [3.63, 3.8) is 0 Å². The van der Waals surface area contributed by atoms with Crippen LogP contribution in [0.3, 0.4) is 0 Å². The largest absolute Gasteiger partial charge is 0.487 e. The van der Waals surface area contributed by atoms with E-state index in [1.807, 2.05) is 42.5 Å². The van der Waals surface area contributed by atoms with E-state index in [0.717, 1.165) is 35.7 Å². The van der Waals surface area contributed by atoms with Crippen LogP contribution in [0.25, 0.3) is 10.9 Å². The molecule has 0 radical (unpaired) electrons. The first-order chi connectivity index (χ1) is 17.5. The Morgan fingerprint density at radius 2 is 1.81 bits per heavy atom. The fraction of sp³-hybridized carbons (Fsp3) is 0.250. The SMILES string of the molecule is O=c1c2ccccc2nc(C2CCCCC2)n1N=Cc1cc(Cl)cc(Br)c1OCc1ccc(Br)cc1. The van der Waals surface area contributed by atoms with Gasteiger partial charge >= 0.3 is 0 Å². The minimum absolute atomic E-state index is 0.171. The molecule has 0 saturated heterocycles. The standard InChI is InChI=1S/C28H24Br2ClN3O2/c29-21-12-10-18(11-13-21)17-36-26-20(14-22(31)15-24(26)30)16-32-34-27(19-6-2-1-3-7-19)33-25-9-5-4-8-23(25)28(34)35/h4-5,8-16,19H,1-3,6-7,17H2. The molecule has 4 aromatic rings. The summed E-state index contributed by atoms with van der Waals surface area (Å²) in [5, 5.41) is 5.75. The highest BCUT2D eigenvalue weighted by atomic mass is 79.9. The Hall–Kier alpha value is -2.48. The van der Waals surface area contributed by atoms with Crippen molar-refractivity contribution in [1.29, 1.82) is 0 Å². The van der Waals surface area contributed by atoms with E-state index in [1.165, 1.54) is 11.1 Å². The first-order valence-electron chi connectivity index (χ1n) is 11.9. The predicted molar refractivity (Wildman–Crippen MR) is 152 cm³/mol. The van der Waals surface area contributed by atoms with Crippen LogP contribution in [0, 0.1) is 0 Å². The van der Waals surface area contributed by atoms with Gasteiger partial charge in [-0.3, -0.25) is 4.79 Å². The lowest BCUT2D eigenvalue weighted by Gasteiger charge is -2.22. The van der Waals surface area contributed by atoms with Crippen molar-refractivity contribution in [2.45, 2.75) is 44.6 Å². The van der Waals surface area contributed by atoms with Crippen molar-refractivity contribution in [3.8, 4) is 5.75 Å². The van der Waals surface area contributed by atoms with Crippen LogP contribution in [0.4, 0.5) is 0 Å². The van der Waals surface area contributed by atoms with Crippen LogP contribution in [0.5, 0.6) is 5.75 Å². The number of fused-ring (bicyclic) bond motifs is 1. The van der Waals surface area contributed by atoms with E-state index in [2.05, 4.69) is 37.0 Å². The number of aromatic nitrogens is 2. The Morgan fingerprint density at radius 1 is 1.06 bits per heavy atom. The summed E-state index contributed by atoms with van der Waals surface area (Å²) >= 11 is 13.4. The first-order valence-corrected chi connectivity index (χ1v) is 13.9. The summed E-state index contributed by atoms with van der Waals surface area (Å²) in [5.41, 5.74) is 2.23. The number of halogens is 3. The van der Waals surface area contributed by atoms with E-state index in [4.69, 9.17) is 21.3 Å². The lowest BCUT2D eigenvalue weighted by Crippen LogP contribution is -2.25. The average Bonchev–Trinajstić information content (AvgIpc) is 2.89. The van der Waals surface area contributed by atoms with E-state index in [0.29, 0.717) is 44.1 Å². The summed E-state index contributed by atoms with van der Waals surface area (Å²) < 4.78 is 9.36. The molecule has 1 fully saturated rings. The van der Waals surface area contributed by atoms with E-state index in [1.54, 1.807) is 24.4 Å². The van der Waals surface area contributed by atoms with Crippen LogP contribution >= 0.6 is 43.5 Å². The molecule has 184 valence electrons. The van der Waals surface area contributed by atoms with Crippen LogP contribution in [0.2, 0.25) is 5.02 Å². The predicted octanol–water partition coefficient (Wildman–Crippen LogP) is 8.08. The van der Waals surface area contributed by atoms with Gasteiger partial charge in [-0.25, -0.2) is 4.98 Å². The molecule has 0 bridgehead atoms. The highest BCUT2D eigenvalue weighted by Crippen LogP contribution is 2.34. The molecule has 5 rings (SSSR count). The molecule has 1 saturated carbocycles. The molecule has 0 atom stereocenters. The molecule has 1 aliphatic carbocycles. The maximum absolute atomic E-state index is 13.5. The average molecular weight is 630 g/mol. The number of rotatable bonds is 6. The third-order valence-corrected chi connectivity index (χ3v) is 7.73. The van der Waals surface area contributed by atoms with Gasteiger partial charge in [-0.1, -0.05) is 71.1 Å². The fourth-order valence-corrected chi connectivity index (χ4v) is 5.77. The number of hydrogen-bond acceptors (Lipinski definition) is 4. The zero-order chi connectivity index (χ0) is 25.1. The summed E-state index contributed by atoms with van der Waals surface area (Å²) in [6.07, 6.45) is 7.12. The highest BCUT2D eigenvalue weighted by Gasteiger charge is 2.22. The lowest BCUT2D eigenvalue weighted by molar-refractivity contribution is 0.304. The van der Waals surface area contributed by atoms with Gasteiger partial charge in [0.05, 0.1) is 21.6 Å². The number of para-hydroxylation sites is 1. The molecule has 1 heterocycles. The van der Waals surface area contributed by atoms with Gasteiger partial charge in [0, 0.05) is 21.0 Å². The zero-order valence-corrected chi connectivity index (χ0v) is 23.4. The monoisotopic (exact) mass is 627 g/mol. The summed E-state index contributed by atoms with van der Waals surface area (Å²) in [6.45, 7) is 0.374. The van der Waals surface area contributed by atoms with E-state index in [-0.39, 0.29) is 11.5 Å². The van der Waals surface area contributed by atoms with E-state index >= 15 is 0 Å². The molecule has 36 heavy (non-hydrogen) atoms. The smallest absolute Gasteiger partial charge is 0.282 e. The number of ether oxygens (including phenoxy) is 1. The van der Waals surface area contributed by atoms with Gasteiger partial charge in [-0.2, -0.15) is 9.78 Å². The van der Waals surface area contributed by atoms with Crippen LogP contribution in [-0.2, 0) is 6.61 Å². The summed E-state index contributed by atoms with van der Waals surface area (Å²) in [4.78, 5) is 18.4. The highest BCUT2D eigenvalue weighted by molar-refractivity contribution is 9.10. The van der Waals surface area contributed by atoms with Gasteiger partial charge in [-0.15, -0.1) is 0 Å². The molecule has 0 amide bonds. The Kier molecular flexibility index (Phi) is 7.89.